The van der Waals surface area contributed by atoms with E-state index in [0.717, 1.165) is 66.4 Å². The Morgan fingerprint density at radius 3 is 2.65 bits per heavy atom. The quantitative estimate of drug-likeness (QED) is 0.448. The van der Waals surface area contributed by atoms with Gasteiger partial charge in [-0.2, -0.15) is 0 Å². The molecule has 3 N–H and O–H groups in total. The zero-order chi connectivity index (χ0) is 25.9. The van der Waals surface area contributed by atoms with Gasteiger partial charge in [-0.3, -0.25) is 9.59 Å². The van der Waals surface area contributed by atoms with Gasteiger partial charge in [-0.15, -0.1) is 0 Å². The summed E-state index contributed by atoms with van der Waals surface area (Å²) >= 11 is 0. The topological polar surface area (TPSA) is 103 Å². The van der Waals surface area contributed by atoms with Crippen LogP contribution in [0.15, 0.2) is 36.5 Å². The normalized spacial score (nSPS) is 20.2. The van der Waals surface area contributed by atoms with Crippen LogP contribution < -0.4 is 10.6 Å². The van der Waals surface area contributed by atoms with Crippen LogP contribution in [0.4, 0.5) is 0 Å². The van der Waals surface area contributed by atoms with Gasteiger partial charge in [0.15, 0.2) is 0 Å². The van der Waals surface area contributed by atoms with E-state index in [0.29, 0.717) is 12.4 Å². The molecule has 2 aliphatic rings. The lowest BCUT2D eigenvalue weighted by Gasteiger charge is -2.35. The Morgan fingerprint density at radius 2 is 1.86 bits per heavy atom. The van der Waals surface area contributed by atoms with E-state index < -0.39 is 6.04 Å². The number of carbonyl (C=O) groups excluding carboxylic acids is 2. The summed E-state index contributed by atoms with van der Waals surface area (Å²) < 4.78 is 0. The molecular weight excluding hydrogens is 464 g/mol. The molecule has 1 aromatic carbocycles. The molecule has 8 nitrogen and oxygen atoms in total. The number of hydrogen-bond donors (Lipinski definition) is 3. The van der Waals surface area contributed by atoms with Crippen molar-refractivity contribution in [2.75, 3.05) is 13.6 Å². The molecule has 196 valence electrons. The Labute approximate surface area is 218 Å². The highest BCUT2D eigenvalue weighted by molar-refractivity contribution is 5.94. The number of carbonyl (C=O) groups is 2. The van der Waals surface area contributed by atoms with Gasteiger partial charge in [-0.1, -0.05) is 37.5 Å². The van der Waals surface area contributed by atoms with Gasteiger partial charge in [0.25, 0.3) is 0 Å². The molecule has 37 heavy (non-hydrogen) atoms. The average molecular weight is 503 g/mol. The molecular formula is C29H38N6O2. The van der Waals surface area contributed by atoms with E-state index in [9.17, 15) is 9.59 Å². The molecule has 3 aromatic rings. The first-order valence-corrected chi connectivity index (χ1v) is 13.7. The fourth-order valence-electron chi connectivity index (χ4n) is 5.96. The predicted octanol–water partition coefficient (Wildman–Crippen LogP) is 4.27. The van der Waals surface area contributed by atoms with E-state index in [2.05, 4.69) is 27.8 Å². The summed E-state index contributed by atoms with van der Waals surface area (Å²) in [6.07, 6.45) is 9.12. The number of likely N-dealkylation sites (N-methyl/N-ethyl adjacent to an activating group) is 1. The molecule has 1 saturated heterocycles. The highest BCUT2D eigenvalue weighted by atomic mass is 16.2. The zero-order valence-corrected chi connectivity index (χ0v) is 22.1. The van der Waals surface area contributed by atoms with Gasteiger partial charge in [-0.25, -0.2) is 9.97 Å². The number of aryl methyl sites for hydroxylation is 1. The number of para-hydroxylation sites is 1. The van der Waals surface area contributed by atoms with Crippen LogP contribution in [0.25, 0.3) is 22.2 Å². The summed E-state index contributed by atoms with van der Waals surface area (Å²) in [6, 6.07) is 9.25. The maximum atomic E-state index is 14.1. The summed E-state index contributed by atoms with van der Waals surface area (Å²) in [5, 5.41) is 7.24. The van der Waals surface area contributed by atoms with E-state index in [1.54, 1.807) is 7.05 Å². The molecule has 3 atom stereocenters. The number of nitrogens with one attached hydrogen (secondary N) is 3. The van der Waals surface area contributed by atoms with E-state index >= 15 is 0 Å². The molecule has 2 unspecified atom stereocenters. The van der Waals surface area contributed by atoms with Crippen LogP contribution in [0.1, 0.15) is 69.4 Å². The fourth-order valence-corrected chi connectivity index (χ4v) is 5.96. The van der Waals surface area contributed by atoms with Crippen molar-refractivity contribution in [3.63, 3.8) is 0 Å². The molecule has 5 rings (SSSR count). The zero-order valence-electron chi connectivity index (χ0n) is 22.1. The first kappa shape index (κ1) is 25.4. The first-order chi connectivity index (χ1) is 18.0. The maximum Gasteiger partial charge on any atom is 0.246 e. The van der Waals surface area contributed by atoms with Crippen LogP contribution in [0, 0.1) is 12.8 Å². The molecule has 3 heterocycles. The molecule has 1 aliphatic carbocycles. The van der Waals surface area contributed by atoms with Gasteiger partial charge in [0.05, 0.1) is 23.5 Å². The molecule has 0 radical (unpaired) electrons. The molecule has 1 aliphatic heterocycles. The number of nitrogens with zero attached hydrogens (tertiary/aromatic N) is 3. The van der Waals surface area contributed by atoms with Crippen molar-refractivity contribution in [2.45, 2.75) is 76.9 Å². The van der Waals surface area contributed by atoms with Gasteiger partial charge in [0.1, 0.15) is 11.9 Å². The van der Waals surface area contributed by atoms with E-state index in [4.69, 9.17) is 9.97 Å². The highest BCUT2D eigenvalue weighted by Gasteiger charge is 2.39. The standard InChI is InChI=1S/C29H38N6O2/c1-18(30-3)28(36)34-27(20-10-5-4-6-11-20)29(37)35-15-9-14-26(35)25-16-24(32-19(2)33-25)22-17-31-23-13-8-7-12-21(22)23/h7-8,12-13,16-18,20,26-27,30-31H,4-6,9-11,14-15H2,1-3H3,(H,34,36)/t18?,26?,27-/m0/s1. The molecule has 8 heteroatoms. The number of H-pyrrole nitrogens is 1. The minimum atomic E-state index is -0.500. The second-order valence-corrected chi connectivity index (χ2v) is 10.6. The van der Waals surface area contributed by atoms with Gasteiger partial charge < -0.3 is 20.5 Å². The van der Waals surface area contributed by atoms with Crippen LogP contribution in [-0.4, -0.2) is 57.3 Å². The first-order valence-electron chi connectivity index (χ1n) is 13.7. The second kappa shape index (κ2) is 11.0. The smallest absolute Gasteiger partial charge is 0.246 e. The lowest BCUT2D eigenvalue weighted by atomic mass is 9.83. The number of amides is 2. The monoisotopic (exact) mass is 502 g/mol. The third-order valence-corrected chi connectivity index (χ3v) is 8.11. The number of aromatic nitrogens is 3. The Bertz CT molecular complexity index is 1260. The summed E-state index contributed by atoms with van der Waals surface area (Å²) in [7, 11) is 1.76. The lowest BCUT2D eigenvalue weighted by molar-refractivity contribution is -0.139. The van der Waals surface area contributed by atoms with Crippen LogP contribution in [-0.2, 0) is 9.59 Å². The van der Waals surface area contributed by atoms with E-state index in [1.807, 2.05) is 43.1 Å². The Morgan fingerprint density at radius 1 is 1.08 bits per heavy atom. The van der Waals surface area contributed by atoms with Gasteiger partial charge in [0, 0.05) is 29.2 Å². The van der Waals surface area contributed by atoms with Gasteiger partial charge in [0.2, 0.25) is 11.8 Å². The minimum absolute atomic E-state index is 0.0240. The van der Waals surface area contributed by atoms with Crippen molar-refractivity contribution in [2.24, 2.45) is 5.92 Å². The predicted molar refractivity (Wildman–Crippen MR) is 145 cm³/mol. The molecule has 0 spiro atoms. The number of likely N-dealkylation sites (tertiary alicyclic amines) is 1. The second-order valence-electron chi connectivity index (χ2n) is 10.6. The molecule has 0 bridgehead atoms. The lowest BCUT2D eigenvalue weighted by Crippen LogP contribution is -2.55. The van der Waals surface area contributed by atoms with Crippen molar-refractivity contribution >= 4 is 22.7 Å². The Hall–Kier alpha value is -3.26. The van der Waals surface area contributed by atoms with Crippen LogP contribution in [0.5, 0.6) is 0 Å². The third kappa shape index (κ3) is 5.25. The van der Waals surface area contributed by atoms with Crippen molar-refractivity contribution in [1.29, 1.82) is 0 Å². The molecule has 2 amide bonds. The fraction of sp³-hybridized carbons (Fsp3) is 0.517. The summed E-state index contributed by atoms with van der Waals surface area (Å²) in [5.74, 6) is 0.763. The van der Waals surface area contributed by atoms with Crippen molar-refractivity contribution in [3.05, 3.63) is 48.0 Å². The summed E-state index contributed by atoms with van der Waals surface area (Å²) in [4.78, 5) is 41.8. The van der Waals surface area contributed by atoms with Gasteiger partial charge in [-0.05, 0) is 64.6 Å². The number of benzene rings is 1. The highest BCUT2D eigenvalue weighted by Crippen LogP contribution is 2.36. The number of hydrogen-bond acceptors (Lipinski definition) is 5. The number of fused-ring (bicyclic) bond motifs is 1. The number of aromatic amines is 1. The molecule has 2 aromatic heterocycles. The summed E-state index contributed by atoms with van der Waals surface area (Å²) in [6.45, 7) is 4.41. The maximum absolute atomic E-state index is 14.1. The van der Waals surface area contributed by atoms with Gasteiger partial charge >= 0.3 is 0 Å². The summed E-state index contributed by atoms with van der Waals surface area (Å²) in [5.41, 5.74) is 3.83. The Kier molecular flexibility index (Phi) is 7.55. The number of rotatable bonds is 7. The van der Waals surface area contributed by atoms with Crippen molar-refractivity contribution in [1.82, 2.24) is 30.5 Å². The van der Waals surface area contributed by atoms with E-state index in [1.165, 1.54) is 6.42 Å². The molecule has 1 saturated carbocycles. The largest absolute Gasteiger partial charge is 0.360 e. The Balaban J connectivity index is 1.44. The third-order valence-electron chi connectivity index (χ3n) is 8.11. The van der Waals surface area contributed by atoms with E-state index in [-0.39, 0.29) is 29.8 Å². The van der Waals surface area contributed by atoms with Crippen LogP contribution in [0.2, 0.25) is 0 Å². The SMILES string of the molecule is CNC(C)C(=O)N[C@H](C(=O)N1CCCC1c1cc(-c2c[nH]c3ccccc23)nc(C)n1)C1CCCCC1. The minimum Gasteiger partial charge on any atom is -0.360 e. The average Bonchev–Trinajstić information content (AvgIpc) is 3.59. The van der Waals surface area contributed by atoms with Crippen molar-refractivity contribution < 1.29 is 9.59 Å². The van der Waals surface area contributed by atoms with Crippen molar-refractivity contribution in [3.8, 4) is 11.3 Å². The van der Waals surface area contributed by atoms with Crippen LogP contribution in [0.3, 0.4) is 0 Å². The molecule has 2 fully saturated rings. The van der Waals surface area contributed by atoms with Crippen LogP contribution >= 0.6 is 0 Å².